The SMILES string of the molecule is Cc1cccnc1NS(=O)(=O)C1(C(C)(C)C)CC1. The van der Waals surface area contributed by atoms with Crippen molar-refractivity contribution in [3.8, 4) is 0 Å². The van der Waals surface area contributed by atoms with Gasteiger partial charge in [0.05, 0.1) is 4.75 Å². The molecule has 5 heteroatoms. The van der Waals surface area contributed by atoms with E-state index in [1.165, 1.54) is 0 Å². The van der Waals surface area contributed by atoms with E-state index in [9.17, 15) is 8.42 Å². The van der Waals surface area contributed by atoms with Gasteiger partial charge in [0.25, 0.3) is 0 Å². The van der Waals surface area contributed by atoms with Gasteiger partial charge in [-0.2, -0.15) is 0 Å². The van der Waals surface area contributed by atoms with E-state index in [-0.39, 0.29) is 5.41 Å². The summed E-state index contributed by atoms with van der Waals surface area (Å²) in [5.41, 5.74) is 0.576. The molecular formula is C13H20N2O2S. The zero-order valence-electron chi connectivity index (χ0n) is 11.3. The first-order valence-corrected chi connectivity index (χ1v) is 7.62. The molecular weight excluding hydrogens is 248 g/mol. The highest BCUT2D eigenvalue weighted by molar-refractivity contribution is 7.94. The highest BCUT2D eigenvalue weighted by atomic mass is 32.2. The Balaban J connectivity index is 2.33. The molecule has 1 aliphatic carbocycles. The third-order valence-corrected chi connectivity index (χ3v) is 6.34. The minimum atomic E-state index is -3.39. The van der Waals surface area contributed by atoms with Gasteiger partial charge in [0.15, 0.2) is 0 Å². The van der Waals surface area contributed by atoms with Crippen molar-refractivity contribution in [2.75, 3.05) is 4.72 Å². The molecule has 0 amide bonds. The molecule has 0 atom stereocenters. The fourth-order valence-corrected chi connectivity index (χ4v) is 4.46. The summed E-state index contributed by atoms with van der Waals surface area (Å²) in [6.45, 7) is 7.78. The molecule has 0 radical (unpaired) electrons. The lowest BCUT2D eigenvalue weighted by Gasteiger charge is -2.30. The summed E-state index contributed by atoms with van der Waals surface area (Å²) in [6, 6.07) is 3.64. The van der Waals surface area contributed by atoms with Crippen LogP contribution in [0.1, 0.15) is 39.2 Å². The van der Waals surface area contributed by atoms with Crippen LogP contribution in [0.2, 0.25) is 0 Å². The molecule has 1 aliphatic rings. The van der Waals surface area contributed by atoms with Crippen molar-refractivity contribution in [1.82, 2.24) is 4.98 Å². The van der Waals surface area contributed by atoms with Gasteiger partial charge in [0.2, 0.25) is 10.0 Å². The standard InChI is InChI=1S/C13H20N2O2S/c1-10-6-5-9-14-11(10)15-18(16,17)13(7-8-13)12(2,3)4/h5-6,9H,7-8H2,1-4H3,(H,14,15). The summed E-state index contributed by atoms with van der Waals surface area (Å²) >= 11 is 0. The molecule has 18 heavy (non-hydrogen) atoms. The van der Waals surface area contributed by atoms with Gasteiger partial charge in [-0.3, -0.25) is 4.72 Å². The molecule has 4 nitrogen and oxygen atoms in total. The van der Waals surface area contributed by atoms with Crippen molar-refractivity contribution in [1.29, 1.82) is 0 Å². The Hall–Kier alpha value is -1.10. The maximum atomic E-state index is 12.5. The first-order valence-electron chi connectivity index (χ1n) is 6.14. The number of anilines is 1. The molecule has 1 N–H and O–H groups in total. The van der Waals surface area contributed by atoms with E-state index in [0.29, 0.717) is 5.82 Å². The molecule has 1 fully saturated rings. The number of nitrogens with one attached hydrogen (secondary N) is 1. The largest absolute Gasteiger partial charge is 0.267 e. The van der Waals surface area contributed by atoms with E-state index in [2.05, 4.69) is 9.71 Å². The van der Waals surface area contributed by atoms with Gasteiger partial charge in [0, 0.05) is 6.20 Å². The minimum Gasteiger partial charge on any atom is -0.267 e. The van der Waals surface area contributed by atoms with Crippen LogP contribution < -0.4 is 4.72 Å². The summed E-state index contributed by atoms with van der Waals surface area (Å²) in [5, 5.41) is 0. The van der Waals surface area contributed by atoms with E-state index in [4.69, 9.17) is 0 Å². The minimum absolute atomic E-state index is 0.262. The van der Waals surface area contributed by atoms with Gasteiger partial charge in [0.1, 0.15) is 5.82 Å². The van der Waals surface area contributed by atoms with Gasteiger partial charge in [-0.15, -0.1) is 0 Å². The van der Waals surface area contributed by atoms with E-state index in [1.54, 1.807) is 12.3 Å². The van der Waals surface area contributed by atoms with Gasteiger partial charge < -0.3 is 0 Å². The molecule has 0 aliphatic heterocycles. The monoisotopic (exact) mass is 268 g/mol. The molecule has 0 unspecified atom stereocenters. The molecule has 1 heterocycles. The summed E-state index contributed by atoms with van der Waals surface area (Å²) in [5.74, 6) is 0.438. The number of rotatable bonds is 3. The molecule has 0 aromatic carbocycles. The Bertz CT molecular complexity index is 555. The van der Waals surface area contributed by atoms with E-state index < -0.39 is 14.8 Å². The predicted octanol–water partition coefficient (Wildman–Crippen LogP) is 2.71. The smallest absolute Gasteiger partial charge is 0.240 e. The number of hydrogen-bond acceptors (Lipinski definition) is 3. The number of hydrogen-bond donors (Lipinski definition) is 1. The average Bonchev–Trinajstić information content (AvgIpc) is 3.01. The zero-order chi connectivity index (χ0) is 13.6. The summed E-state index contributed by atoms with van der Waals surface area (Å²) in [6.07, 6.45) is 3.04. The number of aryl methyl sites for hydroxylation is 1. The number of nitrogens with zero attached hydrogens (tertiary/aromatic N) is 1. The van der Waals surface area contributed by atoms with Crippen LogP contribution in [-0.4, -0.2) is 18.1 Å². The van der Waals surface area contributed by atoms with Crippen molar-refractivity contribution >= 4 is 15.8 Å². The van der Waals surface area contributed by atoms with Crippen LogP contribution in [0.3, 0.4) is 0 Å². The maximum Gasteiger partial charge on any atom is 0.240 e. The zero-order valence-corrected chi connectivity index (χ0v) is 12.1. The highest BCUT2D eigenvalue weighted by Gasteiger charge is 2.62. The molecule has 2 rings (SSSR count). The fourth-order valence-electron chi connectivity index (χ4n) is 2.35. The topological polar surface area (TPSA) is 59.1 Å². The lowest BCUT2D eigenvalue weighted by atomic mass is 9.90. The summed E-state index contributed by atoms with van der Waals surface area (Å²) < 4.78 is 27.1. The third-order valence-electron chi connectivity index (χ3n) is 3.83. The van der Waals surface area contributed by atoms with Crippen LogP contribution >= 0.6 is 0 Å². The van der Waals surface area contributed by atoms with Gasteiger partial charge in [-0.25, -0.2) is 13.4 Å². The van der Waals surface area contributed by atoms with Crippen molar-refractivity contribution in [2.45, 2.75) is 45.3 Å². The second-order valence-corrected chi connectivity index (χ2v) is 8.01. The normalized spacial score (nSPS) is 18.4. The Kier molecular flexibility index (Phi) is 2.93. The first kappa shape index (κ1) is 13.3. The van der Waals surface area contributed by atoms with E-state index in [0.717, 1.165) is 18.4 Å². The summed E-state index contributed by atoms with van der Waals surface area (Å²) in [4.78, 5) is 4.10. The van der Waals surface area contributed by atoms with E-state index >= 15 is 0 Å². The average molecular weight is 268 g/mol. The van der Waals surface area contributed by atoms with Crippen LogP contribution in [0, 0.1) is 12.3 Å². The van der Waals surface area contributed by atoms with Crippen molar-refractivity contribution in [2.24, 2.45) is 5.41 Å². The predicted molar refractivity (Wildman–Crippen MR) is 72.9 cm³/mol. The molecule has 1 saturated carbocycles. The number of pyridine rings is 1. The third kappa shape index (κ3) is 2.00. The Morgan fingerprint density at radius 1 is 1.33 bits per heavy atom. The fraction of sp³-hybridized carbons (Fsp3) is 0.615. The number of sulfonamides is 1. The summed E-state index contributed by atoms with van der Waals surface area (Å²) in [7, 11) is -3.39. The van der Waals surface area contributed by atoms with Crippen molar-refractivity contribution < 1.29 is 8.42 Å². The molecule has 0 saturated heterocycles. The van der Waals surface area contributed by atoms with E-state index in [1.807, 2.05) is 33.8 Å². The van der Waals surface area contributed by atoms with Crippen molar-refractivity contribution in [3.05, 3.63) is 23.9 Å². The first-order chi connectivity index (χ1) is 8.20. The van der Waals surface area contributed by atoms with Crippen LogP contribution in [0.15, 0.2) is 18.3 Å². The Morgan fingerprint density at radius 2 is 1.94 bits per heavy atom. The Morgan fingerprint density at radius 3 is 2.39 bits per heavy atom. The van der Waals surface area contributed by atoms with Gasteiger partial charge in [-0.1, -0.05) is 26.8 Å². The van der Waals surface area contributed by atoms with Crippen LogP contribution in [0.4, 0.5) is 5.82 Å². The molecule has 1 aromatic heterocycles. The number of aromatic nitrogens is 1. The highest BCUT2D eigenvalue weighted by Crippen LogP contribution is 2.55. The molecule has 100 valence electrons. The molecule has 0 bridgehead atoms. The second kappa shape index (κ2) is 3.95. The lowest BCUT2D eigenvalue weighted by Crippen LogP contribution is -2.40. The Labute approximate surface area is 109 Å². The van der Waals surface area contributed by atoms with Crippen molar-refractivity contribution in [3.63, 3.8) is 0 Å². The maximum absolute atomic E-state index is 12.5. The molecule has 1 aromatic rings. The van der Waals surface area contributed by atoms with Crippen LogP contribution in [0.5, 0.6) is 0 Å². The quantitative estimate of drug-likeness (QED) is 0.917. The second-order valence-electron chi connectivity index (χ2n) is 6.02. The lowest BCUT2D eigenvalue weighted by molar-refractivity contribution is 0.363. The van der Waals surface area contributed by atoms with Gasteiger partial charge >= 0.3 is 0 Å². The molecule has 0 spiro atoms. The van der Waals surface area contributed by atoms with Crippen LogP contribution in [-0.2, 0) is 10.0 Å². The van der Waals surface area contributed by atoms with Gasteiger partial charge in [-0.05, 0) is 36.8 Å². The van der Waals surface area contributed by atoms with Crippen LogP contribution in [0.25, 0.3) is 0 Å².